The molecule has 0 spiro atoms. The van der Waals surface area contributed by atoms with Gasteiger partial charge >= 0.3 is 6.03 Å². The van der Waals surface area contributed by atoms with Gasteiger partial charge in [-0.1, -0.05) is 67.8 Å². The second kappa shape index (κ2) is 9.58. The SMILES string of the molecule is O=C(Nc1ccccc1)N1CCNCc2cc(-c3ccc(C4CCCCC4)cc3)ccc21. The number of hydrogen-bond acceptors (Lipinski definition) is 2. The fraction of sp³-hybridized carbons (Fsp3) is 0.321. The van der Waals surface area contributed by atoms with Gasteiger partial charge in [0.1, 0.15) is 0 Å². The molecule has 1 fully saturated rings. The van der Waals surface area contributed by atoms with Crippen LogP contribution in [0.25, 0.3) is 11.1 Å². The van der Waals surface area contributed by atoms with E-state index in [1.54, 1.807) is 0 Å². The molecule has 5 rings (SSSR count). The molecule has 1 saturated carbocycles. The Balaban J connectivity index is 1.37. The van der Waals surface area contributed by atoms with Crippen LogP contribution in [0.2, 0.25) is 0 Å². The van der Waals surface area contributed by atoms with Crippen molar-refractivity contribution in [2.75, 3.05) is 23.3 Å². The first-order valence-electron chi connectivity index (χ1n) is 11.9. The summed E-state index contributed by atoms with van der Waals surface area (Å²) in [5, 5.41) is 6.48. The van der Waals surface area contributed by atoms with E-state index in [2.05, 4.69) is 53.1 Å². The summed E-state index contributed by atoms with van der Waals surface area (Å²) in [5.41, 5.74) is 6.85. The summed E-state index contributed by atoms with van der Waals surface area (Å²) in [6.07, 6.45) is 6.75. The predicted molar refractivity (Wildman–Crippen MR) is 132 cm³/mol. The van der Waals surface area contributed by atoms with E-state index in [9.17, 15) is 4.79 Å². The van der Waals surface area contributed by atoms with E-state index in [1.807, 2.05) is 35.2 Å². The Morgan fingerprint density at radius 2 is 1.62 bits per heavy atom. The third-order valence-corrected chi connectivity index (χ3v) is 6.79. The highest BCUT2D eigenvalue weighted by molar-refractivity contribution is 6.02. The van der Waals surface area contributed by atoms with Crippen LogP contribution in [-0.4, -0.2) is 19.1 Å². The zero-order valence-corrected chi connectivity index (χ0v) is 18.5. The zero-order chi connectivity index (χ0) is 21.8. The highest BCUT2D eigenvalue weighted by Gasteiger charge is 2.22. The van der Waals surface area contributed by atoms with Gasteiger partial charge in [0.2, 0.25) is 0 Å². The number of nitrogens with zero attached hydrogens (tertiary/aromatic N) is 1. The molecule has 4 nitrogen and oxygen atoms in total. The molecule has 2 aliphatic rings. The van der Waals surface area contributed by atoms with Crippen molar-refractivity contribution in [1.82, 2.24) is 5.32 Å². The number of anilines is 2. The van der Waals surface area contributed by atoms with E-state index < -0.39 is 0 Å². The van der Waals surface area contributed by atoms with E-state index in [4.69, 9.17) is 0 Å². The molecule has 2 amide bonds. The number of fused-ring (bicyclic) bond motifs is 1. The molecule has 3 aromatic carbocycles. The van der Waals surface area contributed by atoms with Crippen molar-refractivity contribution in [3.8, 4) is 11.1 Å². The lowest BCUT2D eigenvalue weighted by Gasteiger charge is -2.24. The third kappa shape index (κ3) is 4.56. The highest BCUT2D eigenvalue weighted by Crippen LogP contribution is 2.34. The second-order valence-corrected chi connectivity index (χ2v) is 8.93. The summed E-state index contributed by atoms with van der Waals surface area (Å²) < 4.78 is 0. The summed E-state index contributed by atoms with van der Waals surface area (Å²) in [4.78, 5) is 14.9. The van der Waals surface area contributed by atoms with Crippen molar-refractivity contribution < 1.29 is 4.79 Å². The predicted octanol–water partition coefficient (Wildman–Crippen LogP) is 6.54. The molecule has 0 radical (unpaired) electrons. The molecule has 3 aromatic rings. The van der Waals surface area contributed by atoms with Gasteiger partial charge in [0.15, 0.2) is 0 Å². The Labute approximate surface area is 190 Å². The maximum absolute atomic E-state index is 13.0. The molecule has 0 aromatic heterocycles. The summed E-state index contributed by atoms with van der Waals surface area (Å²) in [7, 11) is 0. The van der Waals surface area contributed by atoms with Crippen molar-refractivity contribution in [2.24, 2.45) is 0 Å². The molecule has 1 aliphatic heterocycles. The maximum Gasteiger partial charge on any atom is 0.326 e. The molecule has 1 aliphatic carbocycles. The number of para-hydroxylation sites is 1. The van der Waals surface area contributed by atoms with Crippen LogP contribution in [0.4, 0.5) is 16.2 Å². The fourth-order valence-electron chi connectivity index (χ4n) is 5.01. The van der Waals surface area contributed by atoms with Gasteiger partial charge in [0.05, 0.1) is 0 Å². The number of rotatable bonds is 3. The number of carbonyl (C=O) groups is 1. The minimum Gasteiger partial charge on any atom is -0.311 e. The van der Waals surface area contributed by atoms with Crippen molar-refractivity contribution >= 4 is 17.4 Å². The molecule has 1 heterocycles. The Morgan fingerprint density at radius 1 is 0.875 bits per heavy atom. The number of carbonyl (C=O) groups excluding carboxylic acids is 1. The lowest BCUT2D eigenvalue weighted by atomic mass is 9.83. The monoisotopic (exact) mass is 425 g/mol. The van der Waals surface area contributed by atoms with Gasteiger partial charge in [-0.3, -0.25) is 4.90 Å². The normalized spacial score (nSPS) is 16.8. The number of amides is 2. The third-order valence-electron chi connectivity index (χ3n) is 6.79. The van der Waals surface area contributed by atoms with Crippen molar-refractivity contribution in [2.45, 2.75) is 44.6 Å². The fourth-order valence-corrected chi connectivity index (χ4v) is 5.01. The molecule has 0 unspecified atom stereocenters. The van der Waals surface area contributed by atoms with E-state index in [0.29, 0.717) is 6.54 Å². The molecular formula is C28H31N3O. The van der Waals surface area contributed by atoms with Gasteiger partial charge in [-0.05, 0) is 65.3 Å². The average molecular weight is 426 g/mol. The van der Waals surface area contributed by atoms with Crippen LogP contribution in [0.1, 0.15) is 49.1 Å². The molecule has 0 bridgehead atoms. The van der Waals surface area contributed by atoms with Crippen LogP contribution in [0.15, 0.2) is 72.8 Å². The van der Waals surface area contributed by atoms with Crippen LogP contribution in [0.3, 0.4) is 0 Å². The Morgan fingerprint density at radius 3 is 2.41 bits per heavy atom. The van der Waals surface area contributed by atoms with Gasteiger partial charge in [-0.25, -0.2) is 4.79 Å². The minimum absolute atomic E-state index is 0.0919. The van der Waals surface area contributed by atoms with Crippen LogP contribution >= 0.6 is 0 Å². The average Bonchev–Trinajstić information content (AvgIpc) is 3.07. The van der Waals surface area contributed by atoms with Crippen LogP contribution in [0.5, 0.6) is 0 Å². The first-order chi connectivity index (χ1) is 15.8. The first-order valence-corrected chi connectivity index (χ1v) is 11.9. The number of benzene rings is 3. The Hall–Kier alpha value is -3.11. The maximum atomic E-state index is 13.0. The van der Waals surface area contributed by atoms with E-state index in [1.165, 1.54) is 48.8 Å². The molecule has 164 valence electrons. The van der Waals surface area contributed by atoms with Gasteiger partial charge in [0, 0.05) is 31.0 Å². The molecular weight excluding hydrogens is 394 g/mol. The minimum atomic E-state index is -0.0919. The Bertz CT molecular complexity index is 1060. The number of urea groups is 1. The van der Waals surface area contributed by atoms with Crippen LogP contribution in [0, 0.1) is 0 Å². The number of nitrogens with one attached hydrogen (secondary N) is 2. The first kappa shape index (κ1) is 20.8. The van der Waals surface area contributed by atoms with Gasteiger partial charge < -0.3 is 10.6 Å². The summed E-state index contributed by atoms with van der Waals surface area (Å²) >= 11 is 0. The van der Waals surface area contributed by atoms with E-state index >= 15 is 0 Å². The number of hydrogen-bond donors (Lipinski definition) is 2. The summed E-state index contributed by atoms with van der Waals surface area (Å²) in [6, 6.07) is 25.2. The van der Waals surface area contributed by atoms with Crippen molar-refractivity contribution in [1.29, 1.82) is 0 Å². The molecule has 32 heavy (non-hydrogen) atoms. The standard InChI is InChI=1S/C28H31N3O/c32-28(30-26-9-5-2-6-10-26)31-18-17-29-20-25-19-24(15-16-27(25)31)23-13-11-22(12-14-23)21-7-3-1-4-8-21/h2,5-6,9-16,19,21,29H,1,3-4,7-8,17-18,20H2,(H,30,32). The van der Waals surface area contributed by atoms with Crippen molar-refractivity contribution in [3.63, 3.8) is 0 Å². The van der Waals surface area contributed by atoms with Gasteiger partial charge in [-0.2, -0.15) is 0 Å². The summed E-state index contributed by atoms with van der Waals surface area (Å²) in [6.45, 7) is 2.17. The molecule has 0 saturated heterocycles. The van der Waals surface area contributed by atoms with E-state index in [0.717, 1.165) is 35.9 Å². The van der Waals surface area contributed by atoms with Crippen molar-refractivity contribution in [3.05, 3.63) is 83.9 Å². The summed E-state index contributed by atoms with van der Waals surface area (Å²) in [5.74, 6) is 0.728. The molecule has 0 atom stereocenters. The van der Waals surface area contributed by atoms with Gasteiger partial charge in [0.25, 0.3) is 0 Å². The zero-order valence-electron chi connectivity index (χ0n) is 18.5. The van der Waals surface area contributed by atoms with Gasteiger partial charge in [-0.15, -0.1) is 0 Å². The lowest BCUT2D eigenvalue weighted by molar-refractivity contribution is 0.257. The molecule has 4 heteroatoms. The highest BCUT2D eigenvalue weighted by atomic mass is 16.2. The molecule has 2 N–H and O–H groups in total. The lowest BCUT2D eigenvalue weighted by Crippen LogP contribution is -2.38. The smallest absolute Gasteiger partial charge is 0.311 e. The topological polar surface area (TPSA) is 44.4 Å². The Kier molecular flexibility index (Phi) is 6.22. The quantitative estimate of drug-likeness (QED) is 0.500. The largest absolute Gasteiger partial charge is 0.326 e. The van der Waals surface area contributed by atoms with E-state index in [-0.39, 0.29) is 6.03 Å². The van der Waals surface area contributed by atoms with Crippen LogP contribution in [-0.2, 0) is 6.54 Å². The van der Waals surface area contributed by atoms with Crippen LogP contribution < -0.4 is 15.5 Å². The second-order valence-electron chi connectivity index (χ2n) is 8.93.